The molecule has 2 saturated carbocycles. The third kappa shape index (κ3) is 9.73. The Morgan fingerprint density at radius 3 is 2.04 bits per heavy atom. The second kappa shape index (κ2) is 20.4. The number of unbranched alkanes of at least 4 members (excludes halogenated alkanes) is 1. The van der Waals surface area contributed by atoms with Gasteiger partial charge in [0.05, 0.1) is 30.1 Å². The zero-order valence-corrected chi connectivity index (χ0v) is 40.6. The van der Waals surface area contributed by atoms with Crippen molar-refractivity contribution in [2.75, 3.05) is 13.2 Å². The van der Waals surface area contributed by atoms with Crippen molar-refractivity contribution in [3.63, 3.8) is 0 Å². The number of ether oxygens (including phenoxy) is 6. The Morgan fingerprint density at radius 2 is 1.46 bits per heavy atom. The van der Waals surface area contributed by atoms with E-state index in [1.807, 2.05) is 0 Å². The van der Waals surface area contributed by atoms with Gasteiger partial charge in [0.25, 0.3) is 17.7 Å². The van der Waals surface area contributed by atoms with Crippen LogP contribution in [0.1, 0.15) is 115 Å². The molecule has 3 aliphatic carbocycles. The average molecular weight is 989 g/mol. The smallest absolute Gasteiger partial charge is 0.338 e. The summed E-state index contributed by atoms with van der Waals surface area (Å²) in [6.45, 7) is 9.01. The lowest BCUT2D eigenvalue weighted by Crippen LogP contribution is -2.82. The van der Waals surface area contributed by atoms with Crippen LogP contribution in [0.4, 0.5) is 0 Å². The molecule has 2 saturated heterocycles. The van der Waals surface area contributed by atoms with E-state index in [-0.39, 0.29) is 68.4 Å². The van der Waals surface area contributed by atoms with Crippen molar-refractivity contribution in [3.05, 3.63) is 82.9 Å². The van der Waals surface area contributed by atoms with Gasteiger partial charge in [0.2, 0.25) is 0 Å². The lowest BCUT2D eigenvalue weighted by molar-refractivity contribution is -0.350. The van der Waals surface area contributed by atoms with Crippen molar-refractivity contribution in [1.29, 1.82) is 0 Å². The molecule has 2 bridgehead atoms. The Balaban J connectivity index is 1.28. The highest BCUT2D eigenvalue weighted by molar-refractivity contribution is 6.01. The summed E-state index contributed by atoms with van der Waals surface area (Å²) in [5.74, 6) is -8.88. The van der Waals surface area contributed by atoms with Crippen molar-refractivity contribution < 1.29 is 86.6 Å². The lowest BCUT2D eigenvalue weighted by atomic mass is 9.44. The van der Waals surface area contributed by atoms with E-state index in [1.165, 1.54) is 13.8 Å². The standard InChI is InChI=1S/C51H60N2O18/c1-27-33(69-47(63)41(60)40(31-16-10-8-11-17-31)52-46(62)32-18-12-9-13-19-32)25-51(64)45(68-29(3)55)43-49(7,44(61)42(67-28(2)54)39(27)48(51,5)6)34(24-35-50(43,26-66-35)70-30(4)56)65-23-15-14-20-38(59)71-53-36(57)21-22-37(53)58/h8-13,16-19,33-35,40-43,45,60,64H,14-15,20-26H2,1-7H3,(H,52,62)/t33-,34+,35?,40-,41-,42?,43?,45-,49+,50-,51+/m0/s1. The van der Waals surface area contributed by atoms with Gasteiger partial charge in [-0.3, -0.25) is 33.6 Å². The van der Waals surface area contributed by atoms with Crippen molar-refractivity contribution in [3.8, 4) is 0 Å². The number of ketones is 1. The van der Waals surface area contributed by atoms with E-state index in [2.05, 4.69) is 5.32 Å². The maximum absolute atomic E-state index is 16.0. The second-order valence-electron chi connectivity index (χ2n) is 19.5. The molecule has 2 aliphatic heterocycles. The van der Waals surface area contributed by atoms with Crippen LogP contribution in [0.5, 0.6) is 0 Å². The molecule has 0 aromatic heterocycles. The highest BCUT2D eigenvalue weighted by Crippen LogP contribution is 2.65. The van der Waals surface area contributed by atoms with Crippen LogP contribution in [-0.2, 0) is 71.6 Å². The van der Waals surface area contributed by atoms with Gasteiger partial charge in [0, 0.05) is 70.5 Å². The molecular weight excluding hydrogens is 929 g/mol. The van der Waals surface area contributed by atoms with Gasteiger partial charge < -0.3 is 48.8 Å². The van der Waals surface area contributed by atoms with Gasteiger partial charge in [-0.15, -0.1) is 5.06 Å². The maximum Gasteiger partial charge on any atom is 0.338 e. The van der Waals surface area contributed by atoms with Gasteiger partial charge in [-0.05, 0) is 55.5 Å². The number of hydrogen-bond donors (Lipinski definition) is 3. The molecule has 5 aliphatic rings. The number of esters is 4. The second-order valence-corrected chi connectivity index (χ2v) is 19.5. The zero-order chi connectivity index (χ0) is 51.8. The van der Waals surface area contributed by atoms with Crippen molar-refractivity contribution in [2.24, 2.45) is 16.7 Å². The topological polar surface area (TPSA) is 274 Å². The number of aliphatic hydroxyl groups excluding tert-OH is 1. The van der Waals surface area contributed by atoms with Gasteiger partial charge in [-0.2, -0.15) is 0 Å². The van der Waals surface area contributed by atoms with E-state index < -0.39 is 130 Å². The van der Waals surface area contributed by atoms with Gasteiger partial charge in [-0.25, -0.2) is 9.59 Å². The molecule has 20 nitrogen and oxygen atoms in total. The Bertz CT molecular complexity index is 2480. The number of benzene rings is 2. The summed E-state index contributed by atoms with van der Waals surface area (Å²) < 4.78 is 37.0. The zero-order valence-electron chi connectivity index (χ0n) is 40.6. The summed E-state index contributed by atoms with van der Waals surface area (Å²) in [7, 11) is 0. The number of amides is 3. The minimum Gasteiger partial charge on any atom is -0.459 e. The van der Waals surface area contributed by atoms with Crippen LogP contribution in [0.15, 0.2) is 71.8 Å². The molecular formula is C51H60N2O18. The average Bonchev–Trinajstić information content (AvgIpc) is 3.62. The highest BCUT2D eigenvalue weighted by Gasteiger charge is 2.78. The fourth-order valence-electron chi connectivity index (χ4n) is 11.2. The number of nitrogens with one attached hydrogen (secondary N) is 1. The van der Waals surface area contributed by atoms with E-state index in [0.29, 0.717) is 10.6 Å². The molecule has 7 rings (SSSR count). The fourth-order valence-corrected chi connectivity index (χ4v) is 11.2. The number of imide groups is 1. The Hall–Kier alpha value is -6.35. The molecule has 0 radical (unpaired) electrons. The van der Waals surface area contributed by atoms with E-state index in [1.54, 1.807) is 74.5 Å². The number of carbonyl (C=O) groups excluding carboxylic acids is 9. The number of Topliss-reactive ketones (excluding diaryl/α,β-unsaturated/α-hetero) is 1. The quantitative estimate of drug-likeness (QED) is 0.0716. The SMILES string of the molecule is CC(=O)OC1C(=O)[C@@]2(C)C([C@H](OC(C)=O)[C@]3(O)C[C@H](OC(=O)[C@@H](O)[C@@H](NC(=O)c4ccccc4)c4ccccc4)C(C)=C1C3(C)C)[C@]1(OC(C)=O)COC1C[C@H]2OCCCCC(=O)ON1C(=O)CCC1=O. The number of hydroxylamine groups is 2. The van der Waals surface area contributed by atoms with E-state index >= 15 is 4.79 Å². The van der Waals surface area contributed by atoms with Gasteiger partial charge in [-0.1, -0.05) is 62.4 Å². The predicted molar refractivity (Wildman–Crippen MR) is 242 cm³/mol. The number of carbonyl (C=O) groups is 9. The van der Waals surface area contributed by atoms with Crippen LogP contribution in [0.2, 0.25) is 0 Å². The molecule has 71 heavy (non-hydrogen) atoms. The monoisotopic (exact) mass is 988 g/mol. The summed E-state index contributed by atoms with van der Waals surface area (Å²) >= 11 is 0. The van der Waals surface area contributed by atoms with Crippen LogP contribution in [0.3, 0.4) is 0 Å². The van der Waals surface area contributed by atoms with Crippen LogP contribution in [0.25, 0.3) is 0 Å². The Morgan fingerprint density at radius 1 is 0.845 bits per heavy atom. The van der Waals surface area contributed by atoms with Crippen LogP contribution in [0, 0.1) is 16.7 Å². The lowest BCUT2D eigenvalue weighted by Gasteiger charge is -2.67. The first-order chi connectivity index (χ1) is 33.5. The largest absolute Gasteiger partial charge is 0.459 e. The maximum atomic E-state index is 16.0. The van der Waals surface area contributed by atoms with E-state index in [4.69, 9.17) is 33.3 Å². The molecule has 2 heterocycles. The summed E-state index contributed by atoms with van der Waals surface area (Å²) in [6.07, 6.45) is -10.0. The molecule has 11 atom stereocenters. The number of hydrogen-bond acceptors (Lipinski definition) is 18. The fraction of sp³-hybridized carbons (Fsp3) is 0.549. The third-order valence-corrected chi connectivity index (χ3v) is 14.8. The Kier molecular flexibility index (Phi) is 15.1. The molecule has 20 heteroatoms. The van der Waals surface area contributed by atoms with E-state index in [0.717, 1.165) is 20.8 Å². The molecule has 382 valence electrons. The summed E-state index contributed by atoms with van der Waals surface area (Å²) in [6, 6.07) is 15.0. The third-order valence-electron chi connectivity index (χ3n) is 14.8. The Labute approximate surface area is 409 Å². The summed E-state index contributed by atoms with van der Waals surface area (Å²) in [5, 5.41) is 28.7. The minimum atomic E-state index is -2.39. The molecule has 3 unspecified atom stereocenters. The van der Waals surface area contributed by atoms with Crippen molar-refractivity contribution in [2.45, 2.75) is 147 Å². The summed E-state index contributed by atoms with van der Waals surface area (Å²) in [4.78, 5) is 125. The molecule has 2 aromatic carbocycles. The first-order valence-corrected chi connectivity index (χ1v) is 23.6. The first kappa shape index (κ1) is 52.5. The normalized spacial score (nSPS) is 30.5. The minimum absolute atomic E-state index is 0.00620. The molecule has 3 N–H and O–H groups in total. The van der Waals surface area contributed by atoms with Crippen LogP contribution < -0.4 is 5.32 Å². The van der Waals surface area contributed by atoms with Crippen molar-refractivity contribution in [1.82, 2.24) is 10.4 Å². The molecule has 0 spiro atoms. The number of nitrogens with zero attached hydrogens (tertiary/aromatic N) is 1. The molecule has 2 aromatic rings. The number of fused-ring (bicyclic) bond motifs is 5. The molecule has 4 fully saturated rings. The van der Waals surface area contributed by atoms with E-state index in [9.17, 15) is 48.6 Å². The highest BCUT2D eigenvalue weighted by atomic mass is 16.7. The molecule has 3 amide bonds. The summed E-state index contributed by atoms with van der Waals surface area (Å²) in [5.41, 5.74) is -7.06. The van der Waals surface area contributed by atoms with Gasteiger partial charge in [0.1, 0.15) is 23.9 Å². The number of rotatable bonds is 16. The van der Waals surface area contributed by atoms with Crippen LogP contribution >= 0.6 is 0 Å². The van der Waals surface area contributed by atoms with Crippen LogP contribution in [-0.4, -0.2) is 130 Å². The number of aliphatic hydroxyl groups is 2. The first-order valence-electron chi connectivity index (χ1n) is 23.6. The predicted octanol–water partition coefficient (Wildman–Crippen LogP) is 3.24. The van der Waals surface area contributed by atoms with Crippen molar-refractivity contribution >= 4 is 53.4 Å². The van der Waals surface area contributed by atoms with Gasteiger partial charge >= 0.3 is 29.8 Å². The van der Waals surface area contributed by atoms with Gasteiger partial charge in [0.15, 0.2) is 23.6 Å².